The number of hydrogen-bond donors (Lipinski definition) is 1. The lowest BCUT2D eigenvalue weighted by molar-refractivity contribution is 0.264. The fourth-order valence-corrected chi connectivity index (χ4v) is 3.13. The minimum absolute atomic E-state index is 0.212. The molecule has 2 nitrogen and oxygen atoms in total. The molecule has 2 N–H and O–H groups in total. The van der Waals surface area contributed by atoms with E-state index in [1.807, 2.05) is 0 Å². The molecule has 2 aliphatic rings. The summed E-state index contributed by atoms with van der Waals surface area (Å²) in [5, 5.41) is 0. The Morgan fingerprint density at radius 1 is 1.29 bits per heavy atom. The lowest BCUT2D eigenvalue weighted by Crippen LogP contribution is -2.38. The van der Waals surface area contributed by atoms with E-state index >= 15 is 0 Å². The highest BCUT2D eigenvalue weighted by atomic mass is 15.1. The van der Waals surface area contributed by atoms with Crippen molar-refractivity contribution in [3.8, 4) is 0 Å². The molecule has 0 spiro atoms. The van der Waals surface area contributed by atoms with Gasteiger partial charge in [0.1, 0.15) is 0 Å². The first-order chi connectivity index (χ1) is 6.70. The molecule has 1 saturated carbocycles. The molecule has 2 fully saturated rings. The van der Waals surface area contributed by atoms with Crippen LogP contribution < -0.4 is 5.73 Å². The van der Waals surface area contributed by atoms with Crippen molar-refractivity contribution in [1.82, 2.24) is 4.90 Å². The Hall–Kier alpha value is -0.0800. The molecule has 14 heavy (non-hydrogen) atoms. The summed E-state index contributed by atoms with van der Waals surface area (Å²) in [5.74, 6) is 0. The van der Waals surface area contributed by atoms with Crippen LogP contribution in [0.5, 0.6) is 0 Å². The molecule has 0 aromatic rings. The molecule has 1 aliphatic heterocycles. The van der Waals surface area contributed by atoms with Crippen LogP contribution in [0, 0.1) is 0 Å². The average Bonchev–Trinajstić information content (AvgIpc) is 2.73. The summed E-state index contributed by atoms with van der Waals surface area (Å²) in [4.78, 5) is 2.51. The molecule has 1 unspecified atom stereocenters. The lowest BCUT2D eigenvalue weighted by Gasteiger charge is -2.27. The van der Waals surface area contributed by atoms with E-state index in [2.05, 4.69) is 11.9 Å². The topological polar surface area (TPSA) is 29.3 Å². The Morgan fingerprint density at radius 2 is 2.00 bits per heavy atom. The van der Waals surface area contributed by atoms with Crippen LogP contribution in [0.2, 0.25) is 0 Å². The van der Waals surface area contributed by atoms with Crippen LogP contribution in [0.4, 0.5) is 0 Å². The number of rotatable bonds is 3. The van der Waals surface area contributed by atoms with Crippen LogP contribution in [-0.4, -0.2) is 30.1 Å². The minimum atomic E-state index is 0.212. The lowest BCUT2D eigenvalue weighted by atomic mass is 9.90. The highest BCUT2D eigenvalue weighted by Gasteiger charge is 2.31. The molecule has 1 saturated heterocycles. The van der Waals surface area contributed by atoms with Gasteiger partial charge in [-0.05, 0) is 52.1 Å². The van der Waals surface area contributed by atoms with Gasteiger partial charge in [0.2, 0.25) is 0 Å². The molecule has 1 aliphatic carbocycles. The van der Waals surface area contributed by atoms with Crippen molar-refractivity contribution in [2.75, 3.05) is 13.6 Å². The van der Waals surface area contributed by atoms with Gasteiger partial charge >= 0.3 is 0 Å². The van der Waals surface area contributed by atoms with E-state index in [0.29, 0.717) is 0 Å². The van der Waals surface area contributed by atoms with E-state index < -0.39 is 0 Å². The van der Waals surface area contributed by atoms with Gasteiger partial charge in [-0.1, -0.05) is 12.8 Å². The van der Waals surface area contributed by atoms with E-state index in [0.717, 1.165) is 6.04 Å². The summed E-state index contributed by atoms with van der Waals surface area (Å²) in [7, 11) is 2.26. The Kier molecular flexibility index (Phi) is 3.13. The fraction of sp³-hybridized carbons (Fsp3) is 1.00. The van der Waals surface area contributed by atoms with Crippen LogP contribution in [0.3, 0.4) is 0 Å². The zero-order valence-corrected chi connectivity index (χ0v) is 9.47. The molecular weight excluding hydrogens is 172 g/mol. The van der Waals surface area contributed by atoms with Crippen LogP contribution in [0.15, 0.2) is 0 Å². The number of hydrogen-bond acceptors (Lipinski definition) is 2. The molecule has 2 rings (SSSR count). The van der Waals surface area contributed by atoms with Gasteiger partial charge in [-0.3, -0.25) is 0 Å². The zero-order valence-electron chi connectivity index (χ0n) is 9.47. The minimum Gasteiger partial charge on any atom is -0.325 e. The van der Waals surface area contributed by atoms with Gasteiger partial charge in [-0.15, -0.1) is 0 Å². The average molecular weight is 196 g/mol. The van der Waals surface area contributed by atoms with E-state index in [1.54, 1.807) is 0 Å². The second-order valence-corrected chi connectivity index (χ2v) is 5.38. The Bertz CT molecular complexity index is 185. The van der Waals surface area contributed by atoms with Gasteiger partial charge in [-0.2, -0.15) is 0 Å². The van der Waals surface area contributed by atoms with Crippen molar-refractivity contribution >= 4 is 0 Å². The molecule has 0 bridgehead atoms. The first-order valence-corrected chi connectivity index (χ1v) is 6.19. The Labute approximate surface area is 87.8 Å². The first-order valence-electron chi connectivity index (χ1n) is 6.19. The standard InChI is InChI=1S/C12H24N2/c1-14-10-4-5-11(14)6-9-12(13)7-2-3-8-12/h11H,2-10,13H2,1H3. The van der Waals surface area contributed by atoms with Gasteiger partial charge in [0.25, 0.3) is 0 Å². The molecule has 1 heterocycles. The normalized spacial score (nSPS) is 32.6. The van der Waals surface area contributed by atoms with Gasteiger partial charge in [0, 0.05) is 11.6 Å². The third kappa shape index (κ3) is 2.29. The molecule has 0 aromatic heterocycles. The third-order valence-corrected chi connectivity index (χ3v) is 4.25. The summed E-state index contributed by atoms with van der Waals surface area (Å²) < 4.78 is 0. The van der Waals surface area contributed by atoms with Crippen molar-refractivity contribution in [2.24, 2.45) is 5.73 Å². The van der Waals surface area contributed by atoms with Crippen LogP contribution in [-0.2, 0) is 0 Å². The quantitative estimate of drug-likeness (QED) is 0.749. The molecule has 0 amide bonds. The Balaban J connectivity index is 1.75. The summed E-state index contributed by atoms with van der Waals surface area (Å²) in [6.45, 7) is 1.29. The molecular formula is C12H24N2. The summed E-state index contributed by atoms with van der Waals surface area (Å²) >= 11 is 0. The number of nitrogens with zero attached hydrogens (tertiary/aromatic N) is 1. The monoisotopic (exact) mass is 196 g/mol. The van der Waals surface area contributed by atoms with Crippen molar-refractivity contribution in [2.45, 2.75) is 62.9 Å². The SMILES string of the molecule is CN1CCCC1CCC1(N)CCCC1. The fourth-order valence-electron chi connectivity index (χ4n) is 3.13. The van der Waals surface area contributed by atoms with Crippen molar-refractivity contribution in [3.63, 3.8) is 0 Å². The van der Waals surface area contributed by atoms with Gasteiger partial charge < -0.3 is 10.6 Å². The van der Waals surface area contributed by atoms with Crippen molar-refractivity contribution < 1.29 is 0 Å². The maximum absolute atomic E-state index is 6.36. The van der Waals surface area contributed by atoms with Gasteiger partial charge in [0.15, 0.2) is 0 Å². The molecule has 1 atom stereocenters. The van der Waals surface area contributed by atoms with Crippen LogP contribution in [0.1, 0.15) is 51.4 Å². The predicted molar refractivity (Wildman–Crippen MR) is 60.3 cm³/mol. The second-order valence-electron chi connectivity index (χ2n) is 5.38. The van der Waals surface area contributed by atoms with Gasteiger partial charge in [-0.25, -0.2) is 0 Å². The van der Waals surface area contributed by atoms with E-state index in [4.69, 9.17) is 5.73 Å². The molecule has 0 radical (unpaired) electrons. The van der Waals surface area contributed by atoms with Crippen molar-refractivity contribution in [3.05, 3.63) is 0 Å². The smallest absolute Gasteiger partial charge is 0.0154 e. The molecule has 2 heteroatoms. The largest absolute Gasteiger partial charge is 0.325 e. The number of likely N-dealkylation sites (tertiary alicyclic amines) is 1. The van der Waals surface area contributed by atoms with E-state index in [-0.39, 0.29) is 5.54 Å². The summed E-state index contributed by atoms with van der Waals surface area (Å²) in [6.07, 6.45) is 10.6. The van der Waals surface area contributed by atoms with Crippen molar-refractivity contribution in [1.29, 1.82) is 0 Å². The maximum atomic E-state index is 6.36. The highest BCUT2D eigenvalue weighted by molar-refractivity contribution is 4.91. The summed E-state index contributed by atoms with van der Waals surface area (Å²) in [6, 6.07) is 0.830. The second kappa shape index (κ2) is 4.19. The van der Waals surface area contributed by atoms with Gasteiger partial charge in [0.05, 0.1) is 0 Å². The predicted octanol–water partition coefficient (Wildman–Crippen LogP) is 2.13. The molecule has 0 aromatic carbocycles. The summed E-state index contributed by atoms with van der Waals surface area (Å²) in [5.41, 5.74) is 6.58. The first kappa shape index (κ1) is 10.4. The highest BCUT2D eigenvalue weighted by Crippen LogP contribution is 2.33. The molecule has 82 valence electrons. The zero-order chi connectivity index (χ0) is 10.0. The van der Waals surface area contributed by atoms with E-state index in [9.17, 15) is 0 Å². The third-order valence-electron chi connectivity index (χ3n) is 4.25. The Morgan fingerprint density at radius 3 is 2.57 bits per heavy atom. The maximum Gasteiger partial charge on any atom is 0.0154 e. The number of nitrogens with two attached hydrogens (primary N) is 1. The van der Waals surface area contributed by atoms with Crippen LogP contribution in [0.25, 0.3) is 0 Å². The van der Waals surface area contributed by atoms with E-state index in [1.165, 1.54) is 57.9 Å². The van der Waals surface area contributed by atoms with Crippen LogP contribution >= 0.6 is 0 Å².